The number of piperazine rings is 1. The summed E-state index contributed by atoms with van der Waals surface area (Å²) in [5.41, 5.74) is 2.46. The molecule has 0 radical (unpaired) electrons. The lowest BCUT2D eigenvalue weighted by molar-refractivity contribution is -0.130. The molecule has 0 atom stereocenters. The smallest absolute Gasteiger partial charge is 0.232 e. The quantitative estimate of drug-likeness (QED) is 0.653. The van der Waals surface area contributed by atoms with Crippen molar-refractivity contribution in [3.63, 3.8) is 0 Å². The van der Waals surface area contributed by atoms with Crippen molar-refractivity contribution in [3.8, 4) is 11.5 Å². The Hall–Kier alpha value is -1.70. The van der Waals surface area contributed by atoms with Crippen molar-refractivity contribution in [2.45, 2.75) is 12.3 Å². The van der Waals surface area contributed by atoms with Crippen LogP contribution in [-0.2, 0) is 17.1 Å². The maximum atomic E-state index is 12.5. The predicted molar refractivity (Wildman–Crippen MR) is 115 cm³/mol. The molecule has 28 heavy (non-hydrogen) atoms. The first kappa shape index (κ1) is 19.6. The van der Waals surface area contributed by atoms with Gasteiger partial charge in [-0.15, -0.1) is 11.8 Å². The van der Waals surface area contributed by atoms with Gasteiger partial charge < -0.3 is 14.4 Å². The van der Waals surface area contributed by atoms with Crippen LogP contribution in [-0.4, -0.2) is 54.4 Å². The van der Waals surface area contributed by atoms with Gasteiger partial charge in [-0.1, -0.05) is 34.1 Å². The number of rotatable bonds is 6. The topological polar surface area (TPSA) is 42.0 Å². The summed E-state index contributed by atoms with van der Waals surface area (Å²) >= 11 is 5.13. The molecule has 2 aromatic rings. The van der Waals surface area contributed by atoms with Crippen LogP contribution in [0, 0.1) is 0 Å². The maximum absolute atomic E-state index is 12.5. The summed E-state index contributed by atoms with van der Waals surface area (Å²) in [6.07, 6.45) is 0. The van der Waals surface area contributed by atoms with Gasteiger partial charge in [0.2, 0.25) is 12.7 Å². The van der Waals surface area contributed by atoms with Gasteiger partial charge in [0.1, 0.15) is 0 Å². The molecule has 2 heterocycles. The Kier molecular flexibility index (Phi) is 6.44. The van der Waals surface area contributed by atoms with E-state index in [2.05, 4.69) is 45.1 Å². The van der Waals surface area contributed by atoms with Crippen molar-refractivity contribution in [2.75, 3.05) is 38.7 Å². The summed E-state index contributed by atoms with van der Waals surface area (Å²) in [6, 6.07) is 14.4. The van der Waals surface area contributed by atoms with Crippen LogP contribution in [0.25, 0.3) is 0 Å². The zero-order valence-corrected chi connectivity index (χ0v) is 18.0. The first-order valence-corrected chi connectivity index (χ1v) is 11.3. The number of thioether (sulfide) groups is 1. The van der Waals surface area contributed by atoms with Crippen LogP contribution >= 0.6 is 27.7 Å². The monoisotopic (exact) mass is 462 g/mol. The highest BCUT2D eigenvalue weighted by molar-refractivity contribution is 9.10. The van der Waals surface area contributed by atoms with Gasteiger partial charge in [0, 0.05) is 42.9 Å². The highest BCUT2D eigenvalue weighted by Crippen LogP contribution is 2.32. The van der Waals surface area contributed by atoms with Gasteiger partial charge in [-0.3, -0.25) is 9.69 Å². The van der Waals surface area contributed by atoms with E-state index in [0.717, 1.165) is 54.4 Å². The molecule has 7 heteroatoms. The minimum absolute atomic E-state index is 0.241. The summed E-state index contributed by atoms with van der Waals surface area (Å²) in [6.45, 7) is 4.57. The third-order valence-electron chi connectivity index (χ3n) is 4.98. The SMILES string of the molecule is O=C(CSCc1ccc(Br)cc1)N1CCN(Cc2ccc3c(c2)OCO3)CC1. The number of fused-ring (bicyclic) bond motifs is 1. The third-order valence-corrected chi connectivity index (χ3v) is 6.49. The molecule has 0 unspecified atom stereocenters. The number of ether oxygens (including phenoxy) is 2. The molecule has 0 bridgehead atoms. The van der Waals surface area contributed by atoms with Gasteiger partial charge >= 0.3 is 0 Å². The standard InChI is InChI=1S/C21H23BrN2O3S/c22-18-4-1-16(2-5-18)13-28-14-21(25)24-9-7-23(8-10-24)12-17-3-6-19-20(11-17)27-15-26-19/h1-6,11H,7-10,12-15H2. The highest BCUT2D eigenvalue weighted by atomic mass is 79.9. The minimum Gasteiger partial charge on any atom is -0.454 e. The van der Waals surface area contributed by atoms with E-state index in [1.807, 2.05) is 23.1 Å². The number of carbonyl (C=O) groups excluding carboxylic acids is 1. The van der Waals surface area contributed by atoms with Crippen LogP contribution in [0.4, 0.5) is 0 Å². The Labute approximate surface area is 178 Å². The molecule has 0 saturated carbocycles. The fraction of sp³-hybridized carbons (Fsp3) is 0.381. The Bertz CT molecular complexity index is 823. The lowest BCUT2D eigenvalue weighted by Gasteiger charge is -2.34. The number of hydrogen-bond donors (Lipinski definition) is 0. The van der Waals surface area contributed by atoms with E-state index in [9.17, 15) is 4.79 Å². The average Bonchev–Trinajstić information content (AvgIpc) is 3.18. The van der Waals surface area contributed by atoms with E-state index in [1.54, 1.807) is 11.8 Å². The number of carbonyl (C=O) groups is 1. The molecule has 5 nitrogen and oxygen atoms in total. The lowest BCUT2D eigenvalue weighted by Crippen LogP contribution is -2.48. The van der Waals surface area contributed by atoms with Crippen molar-refractivity contribution in [2.24, 2.45) is 0 Å². The van der Waals surface area contributed by atoms with Crippen LogP contribution in [0.15, 0.2) is 46.9 Å². The summed E-state index contributed by atoms with van der Waals surface area (Å²) in [7, 11) is 0. The molecule has 0 spiro atoms. The number of nitrogens with zero attached hydrogens (tertiary/aromatic N) is 2. The molecule has 2 aliphatic heterocycles. The second kappa shape index (κ2) is 9.20. The number of halogens is 1. The van der Waals surface area contributed by atoms with Gasteiger partial charge in [0.15, 0.2) is 11.5 Å². The number of hydrogen-bond acceptors (Lipinski definition) is 5. The van der Waals surface area contributed by atoms with Gasteiger partial charge in [-0.25, -0.2) is 0 Å². The van der Waals surface area contributed by atoms with E-state index in [4.69, 9.17) is 9.47 Å². The normalized spacial score (nSPS) is 16.4. The van der Waals surface area contributed by atoms with Gasteiger partial charge in [0.05, 0.1) is 5.75 Å². The van der Waals surface area contributed by atoms with Crippen LogP contribution in [0.5, 0.6) is 11.5 Å². The zero-order chi connectivity index (χ0) is 19.3. The van der Waals surface area contributed by atoms with Crippen molar-refractivity contribution in [1.82, 2.24) is 9.80 Å². The largest absolute Gasteiger partial charge is 0.454 e. The molecule has 1 saturated heterocycles. The zero-order valence-electron chi connectivity index (χ0n) is 15.6. The van der Waals surface area contributed by atoms with Crippen LogP contribution in [0.3, 0.4) is 0 Å². The highest BCUT2D eigenvalue weighted by Gasteiger charge is 2.22. The van der Waals surface area contributed by atoms with Gasteiger partial charge in [0.25, 0.3) is 0 Å². The fourth-order valence-corrected chi connectivity index (χ4v) is 4.53. The number of benzene rings is 2. The predicted octanol–water partition coefficient (Wildman–Crippen LogP) is 3.76. The second-order valence-corrected chi connectivity index (χ2v) is 8.87. The molecule has 2 aliphatic rings. The van der Waals surface area contributed by atoms with E-state index in [0.29, 0.717) is 12.5 Å². The lowest BCUT2D eigenvalue weighted by atomic mass is 10.1. The third kappa shape index (κ3) is 5.01. The Balaban J connectivity index is 1.19. The first-order valence-electron chi connectivity index (χ1n) is 9.38. The molecule has 0 N–H and O–H groups in total. The molecule has 1 amide bonds. The molecule has 0 aliphatic carbocycles. The summed E-state index contributed by atoms with van der Waals surface area (Å²) in [4.78, 5) is 16.9. The van der Waals surface area contributed by atoms with Crippen molar-refractivity contribution < 1.29 is 14.3 Å². The van der Waals surface area contributed by atoms with Gasteiger partial charge in [-0.05, 0) is 35.4 Å². The Morgan fingerprint density at radius 1 is 0.964 bits per heavy atom. The molecule has 4 rings (SSSR count). The minimum atomic E-state index is 0.241. The van der Waals surface area contributed by atoms with Crippen molar-refractivity contribution in [3.05, 3.63) is 58.1 Å². The maximum Gasteiger partial charge on any atom is 0.232 e. The van der Waals surface area contributed by atoms with E-state index in [1.165, 1.54) is 11.1 Å². The Morgan fingerprint density at radius 3 is 2.46 bits per heavy atom. The summed E-state index contributed by atoms with van der Waals surface area (Å²) in [5, 5.41) is 0. The molecule has 148 valence electrons. The van der Waals surface area contributed by atoms with E-state index < -0.39 is 0 Å². The van der Waals surface area contributed by atoms with Crippen LogP contribution < -0.4 is 9.47 Å². The average molecular weight is 463 g/mol. The first-order chi connectivity index (χ1) is 13.7. The van der Waals surface area contributed by atoms with Crippen molar-refractivity contribution >= 4 is 33.6 Å². The molecular weight excluding hydrogens is 440 g/mol. The summed E-state index contributed by atoms with van der Waals surface area (Å²) in [5.74, 6) is 3.29. The Morgan fingerprint density at radius 2 is 1.68 bits per heavy atom. The molecule has 2 aromatic carbocycles. The molecule has 0 aromatic heterocycles. The van der Waals surface area contributed by atoms with Gasteiger partial charge in [-0.2, -0.15) is 0 Å². The summed E-state index contributed by atoms with van der Waals surface area (Å²) < 4.78 is 11.9. The molecular formula is C21H23BrN2O3S. The van der Waals surface area contributed by atoms with E-state index in [-0.39, 0.29) is 5.91 Å². The van der Waals surface area contributed by atoms with E-state index >= 15 is 0 Å². The molecule has 1 fully saturated rings. The fourth-order valence-electron chi connectivity index (χ4n) is 3.38. The van der Waals surface area contributed by atoms with Crippen molar-refractivity contribution in [1.29, 1.82) is 0 Å². The second-order valence-electron chi connectivity index (χ2n) is 6.96. The van der Waals surface area contributed by atoms with Crippen LogP contribution in [0.2, 0.25) is 0 Å². The van der Waals surface area contributed by atoms with Crippen LogP contribution in [0.1, 0.15) is 11.1 Å². The number of amides is 1.